The predicted molar refractivity (Wildman–Crippen MR) is 317 cm³/mol. The molecule has 378 valence electrons. The van der Waals surface area contributed by atoms with E-state index in [2.05, 4.69) is 264 Å². The van der Waals surface area contributed by atoms with Crippen LogP contribution in [0.25, 0.3) is 95.0 Å². The Morgan fingerprint density at radius 2 is 1.15 bits per heavy atom. The van der Waals surface area contributed by atoms with E-state index in [0.717, 1.165) is 73.4 Å². The van der Waals surface area contributed by atoms with Crippen molar-refractivity contribution < 1.29 is 5.11 Å². The fraction of sp³-hybridized carbons (Fsp3) is 0.286. The number of phenols is 1. The van der Waals surface area contributed by atoms with Crippen molar-refractivity contribution in [3.8, 4) is 78.7 Å². The molecule has 11 rings (SSSR count). The van der Waals surface area contributed by atoms with E-state index in [9.17, 15) is 5.11 Å². The maximum absolute atomic E-state index is 12.7. The van der Waals surface area contributed by atoms with Gasteiger partial charge in [0.2, 0.25) is 0 Å². The summed E-state index contributed by atoms with van der Waals surface area (Å²) in [6, 6.07) is 57.8. The Morgan fingerprint density at radius 3 is 1.80 bits per heavy atom. The van der Waals surface area contributed by atoms with Gasteiger partial charge in [-0.3, -0.25) is 4.57 Å². The molecule has 0 atom stereocenters. The van der Waals surface area contributed by atoms with Gasteiger partial charge in [-0.2, -0.15) is 0 Å². The lowest BCUT2D eigenvalue weighted by molar-refractivity contribution is 0.413. The number of imidazole rings is 2. The van der Waals surface area contributed by atoms with E-state index in [1.165, 1.54) is 50.0 Å². The Morgan fingerprint density at radius 1 is 0.480 bits per heavy atom. The van der Waals surface area contributed by atoms with Crippen LogP contribution in [0.2, 0.25) is 0 Å². The van der Waals surface area contributed by atoms with Gasteiger partial charge in [0.25, 0.3) is 0 Å². The molecule has 2 heterocycles. The minimum atomic E-state index is -0.335. The van der Waals surface area contributed by atoms with Gasteiger partial charge in [0.05, 0.1) is 33.3 Å². The number of fused-ring (bicyclic) bond motifs is 6. The smallest absolute Gasteiger partial charge is 0.149 e. The first-order valence-electron chi connectivity index (χ1n) is 26.9. The van der Waals surface area contributed by atoms with Crippen molar-refractivity contribution in [1.29, 1.82) is 0 Å². The van der Waals surface area contributed by atoms with E-state index in [1.54, 1.807) is 0 Å². The molecule has 1 N–H and O–H groups in total. The second-order valence-corrected chi connectivity index (χ2v) is 25.5. The summed E-state index contributed by atoms with van der Waals surface area (Å²) in [6.07, 6.45) is 0.890. The van der Waals surface area contributed by atoms with Gasteiger partial charge in [-0.05, 0) is 147 Å². The summed E-state index contributed by atoms with van der Waals surface area (Å²) in [6.45, 7) is 31.6. The van der Waals surface area contributed by atoms with Crippen LogP contribution in [0.5, 0.6) is 5.75 Å². The largest absolute Gasteiger partial charge is 0.507 e. The van der Waals surface area contributed by atoms with E-state index in [4.69, 9.17) is 9.97 Å². The molecular weight excluding hydrogens is 913 g/mol. The molecule has 1 aliphatic rings. The van der Waals surface area contributed by atoms with Crippen LogP contribution >= 0.6 is 0 Å². The van der Waals surface area contributed by atoms with Crippen molar-refractivity contribution in [3.05, 3.63) is 191 Å². The fourth-order valence-corrected chi connectivity index (χ4v) is 11.4. The summed E-state index contributed by atoms with van der Waals surface area (Å²) >= 11 is 0. The van der Waals surface area contributed by atoms with Crippen molar-refractivity contribution in [3.63, 3.8) is 0 Å². The normalized spacial score (nSPS) is 13.1. The third-order valence-corrected chi connectivity index (χ3v) is 15.5. The Kier molecular flexibility index (Phi) is 11.8. The summed E-state index contributed by atoms with van der Waals surface area (Å²) in [5.41, 5.74) is 22.5. The molecule has 0 amide bonds. The lowest BCUT2D eigenvalue weighted by Crippen LogP contribution is -2.23. The summed E-state index contributed by atoms with van der Waals surface area (Å²) in [4.78, 5) is 11.4. The van der Waals surface area contributed by atoms with Gasteiger partial charge < -0.3 is 9.67 Å². The lowest BCUT2D eigenvalue weighted by atomic mass is 9.79. The molecule has 0 aliphatic heterocycles. The second-order valence-electron chi connectivity index (χ2n) is 25.5. The van der Waals surface area contributed by atoms with Gasteiger partial charge in [0.15, 0.2) is 0 Å². The zero-order valence-corrected chi connectivity index (χ0v) is 46.5. The molecule has 10 aromatic rings. The highest BCUT2D eigenvalue weighted by atomic mass is 16.3. The number of nitrogens with zero attached hydrogens (tertiary/aromatic N) is 4. The minimum Gasteiger partial charge on any atom is -0.507 e. The van der Waals surface area contributed by atoms with Crippen LogP contribution < -0.4 is 0 Å². The van der Waals surface area contributed by atoms with Crippen LogP contribution in [0.4, 0.5) is 0 Å². The topological polar surface area (TPSA) is 55.9 Å². The Bertz CT molecular complexity index is 3860. The second kappa shape index (κ2) is 17.8. The van der Waals surface area contributed by atoms with Crippen LogP contribution in [0.15, 0.2) is 158 Å². The fourth-order valence-electron chi connectivity index (χ4n) is 11.4. The molecule has 0 saturated heterocycles. The Hall–Kier alpha value is -7.50. The first-order chi connectivity index (χ1) is 35.5. The van der Waals surface area contributed by atoms with E-state index in [1.807, 2.05) is 0 Å². The Labute approximate surface area is 445 Å². The maximum Gasteiger partial charge on any atom is 0.149 e. The molecule has 8 aromatic carbocycles. The van der Waals surface area contributed by atoms with Gasteiger partial charge in [-0.1, -0.05) is 191 Å². The molecule has 0 saturated carbocycles. The van der Waals surface area contributed by atoms with Crippen LogP contribution in [-0.4, -0.2) is 24.2 Å². The van der Waals surface area contributed by atoms with Crippen molar-refractivity contribution >= 4 is 22.1 Å². The van der Waals surface area contributed by atoms with Gasteiger partial charge in [0, 0.05) is 33.4 Å². The van der Waals surface area contributed by atoms with Crippen molar-refractivity contribution in [2.75, 3.05) is 0 Å². The molecule has 0 fully saturated rings. The number of aromatic hydroxyl groups is 1. The molecule has 0 unspecified atom stereocenters. The lowest BCUT2D eigenvalue weighted by Gasteiger charge is -2.28. The molecule has 1 aliphatic carbocycles. The quantitative estimate of drug-likeness (QED) is 0.173. The summed E-state index contributed by atoms with van der Waals surface area (Å²) in [5.74, 6) is 2.15. The van der Waals surface area contributed by atoms with E-state index >= 15 is 0 Å². The number of hydrogen-bond acceptors (Lipinski definition) is 3. The number of aromatic nitrogens is 4. The predicted octanol–water partition coefficient (Wildman–Crippen LogP) is 18.8. The van der Waals surface area contributed by atoms with Gasteiger partial charge in [0.1, 0.15) is 17.4 Å². The molecule has 0 bridgehead atoms. The van der Waals surface area contributed by atoms with E-state index in [-0.39, 0.29) is 33.5 Å². The molecular formula is C70H72N4O. The minimum absolute atomic E-state index is 0.0835. The first kappa shape index (κ1) is 49.7. The van der Waals surface area contributed by atoms with Crippen LogP contribution in [-0.2, 0) is 28.2 Å². The SMILES string of the molecule is CC(C)c1cc(-c2cccc3c2nc(-c2cc(C(C)(C)C)cc(C(C)(C)C)c2O)n3-c2ccc(C(C)(C)C)cc2-c2ccccc2)cc(-c2nc3ccc4c(c3n2C(C)(C)C)-c2ccc(-c3ccccc3)cc2C4)c1. The number of para-hydroxylation sites is 1. The molecule has 75 heavy (non-hydrogen) atoms. The molecule has 0 radical (unpaired) electrons. The molecule has 5 heteroatoms. The van der Waals surface area contributed by atoms with Crippen molar-refractivity contribution in [2.45, 2.75) is 131 Å². The average molecular weight is 985 g/mol. The highest BCUT2D eigenvalue weighted by Gasteiger charge is 2.32. The third-order valence-electron chi connectivity index (χ3n) is 15.5. The van der Waals surface area contributed by atoms with Crippen molar-refractivity contribution in [1.82, 2.24) is 19.1 Å². The van der Waals surface area contributed by atoms with Crippen molar-refractivity contribution in [2.24, 2.45) is 0 Å². The molecule has 5 nitrogen and oxygen atoms in total. The Balaban J connectivity index is 1.17. The summed E-state index contributed by atoms with van der Waals surface area (Å²) < 4.78 is 4.82. The number of benzene rings is 8. The van der Waals surface area contributed by atoms with E-state index in [0.29, 0.717) is 11.4 Å². The summed E-state index contributed by atoms with van der Waals surface area (Å²) in [7, 11) is 0. The highest BCUT2D eigenvalue weighted by Crippen LogP contribution is 2.49. The number of rotatable bonds is 7. The summed E-state index contributed by atoms with van der Waals surface area (Å²) in [5, 5.41) is 12.7. The van der Waals surface area contributed by atoms with Gasteiger partial charge >= 0.3 is 0 Å². The van der Waals surface area contributed by atoms with Crippen LogP contribution in [0.3, 0.4) is 0 Å². The third kappa shape index (κ3) is 8.78. The highest BCUT2D eigenvalue weighted by molar-refractivity contribution is 6.01. The monoisotopic (exact) mass is 985 g/mol. The maximum atomic E-state index is 12.7. The number of hydrogen-bond donors (Lipinski definition) is 1. The average Bonchev–Trinajstić information content (AvgIpc) is 4.08. The van der Waals surface area contributed by atoms with Crippen LogP contribution in [0.1, 0.15) is 136 Å². The van der Waals surface area contributed by atoms with Crippen LogP contribution in [0, 0.1) is 0 Å². The number of phenolic OH excluding ortho intramolecular Hbond substituents is 1. The standard InChI is InChI=1S/C70H72N4O/c1-42(2)47-36-49(38-50(37-47)65-71-58-32-29-46-35-48-34-45(43-22-17-15-18-23-43)28-31-53(48)61(46)63(58)74(65)70(12,13)14)54-26-21-27-60-62(54)72-66(56-40-52(68(6,7)8)41-57(64(56)75)69(9,10)11)73(60)59-33-30-51(67(3,4)5)39-55(59)44-24-19-16-20-25-44/h15-34,36-42,75H,35H2,1-14H3. The zero-order valence-electron chi connectivity index (χ0n) is 46.5. The van der Waals surface area contributed by atoms with Gasteiger partial charge in [-0.25, -0.2) is 9.97 Å². The zero-order chi connectivity index (χ0) is 53.1. The van der Waals surface area contributed by atoms with Gasteiger partial charge in [-0.15, -0.1) is 0 Å². The molecule has 0 spiro atoms. The first-order valence-corrected chi connectivity index (χ1v) is 26.9. The molecule has 2 aromatic heterocycles. The van der Waals surface area contributed by atoms with E-state index < -0.39 is 0 Å².